The van der Waals surface area contributed by atoms with Gasteiger partial charge in [0, 0.05) is 24.7 Å². The molecule has 4 N–H and O–H groups in total. The molecule has 5 atom stereocenters. The molecule has 2 aromatic carbocycles. The zero-order valence-corrected chi connectivity index (χ0v) is 26.9. The maximum absolute atomic E-state index is 14.1. The summed E-state index contributed by atoms with van der Waals surface area (Å²) in [5.74, 6) is -0.180. The van der Waals surface area contributed by atoms with Crippen molar-refractivity contribution in [1.82, 2.24) is 14.6 Å². The maximum atomic E-state index is 14.1. The Morgan fingerprint density at radius 1 is 1.15 bits per heavy atom. The molecule has 6 rings (SSSR count). The predicted molar refractivity (Wildman–Crippen MR) is 171 cm³/mol. The Balaban J connectivity index is 1.21. The Labute approximate surface area is 268 Å². The third-order valence-electron chi connectivity index (χ3n) is 8.66. The fraction of sp³-hybridized carbons (Fsp3) is 0.515. The molecule has 1 aliphatic carbocycles. The third kappa shape index (κ3) is 7.39. The molecule has 248 valence electrons. The van der Waals surface area contributed by atoms with Gasteiger partial charge in [-0.05, 0) is 49.3 Å². The molecule has 3 heterocycles. The van der Waals surface area contributed by atoms with Crippen LogP contribution >= 0.6 is 0 Å². The van der Waals surface area contributed by atoms with Gasteiger partial charge in [-0.2, -0.15) is 4.31 Å². The predicted octanol–water partition coefficient (Wildman–Crippen LogP) is 3.56. The molecule has 0 spiro atoms. The minimum Gasteiger partial charge on any atom is -0.494 e. The van der Waals surface area contributed by atoms with Crippen molar-refractivity contribution in [2.75, 3.05) is 26.3 Å². The molecule has 12 nitrogen and oxygen atoms in total. The second kappa shape index (κ2) is 13.7. The summed E-state index contributed by atoms with van der Waals surface area (Å²) in [7, 11) is -4.10. The smallest absolute Gasteiger partial charge is 0.407 e. The van der Waals surface area contributed by atoms with Crippen LogP contribution in [0.1, 0.15) is 44.2 Å². The number of rotatable bonds is 13. The molecule has 1 aromatic heterocycles. The molecule has 3 aromatic rings. The Kier molecular flexibility index (Phi) is 9.67. The number of nitrogens with zero attached hydrogens (tertiary/aromatic N) is 2. The van der Waals surface area contributed by atoms with E-state index in [9.17, 15) is 23.4 Å². The highest BCUT2D eigenvalue weighted by atomic mass is 32.2. The molecule has 2 saturated heterocycles. The minimum absolute atomic E-state index is 0.0151. The molecular formula is C33H42N4O8S. The Morgan fingerprint density at radius 3 is 2.67 bits per heavy atom. The van der Waals surface area contributed by atoms with Crippen molar-refractivity contribution in [2.24, 2.45) is 16.8 Å². The first-order valence-electron chi connectivity index (χ1n) is 15.9. The molecule has 0 bridgehead atoms. The normalized spacial score (nSPS) is 22.9. The number of carbonyl (C=O) groups excluding carboxylic acids is 1. The van der Waals surface area contributed by atoms with E-state index in [2.05, 4.69) is 15.3 Å². The van der Waals surface area contributed by atoms with Crippen molar-refractivity contribution >= 4 is 33.2 Å². The highest BCUT2D eigenvalue weighted by Gasteiger charge is 2.44. The maximum Gasteiger partial charge on any atom is 0.407 e. The Bertz CT molecular complexity index is 1660. The standard InChI is InChI=1S/C33H42N4O8S/c1-20(2)17-37(46(41,42)23-10-11-24-26(16-34-22-8-9-22)31(39)35-27(24)15-23)18-29(38)28(14-21-6-4-3-5-7-21)36-33(40)45-30-19-44-32-25(30)12-13-43-32/h3-7,10-11,15-16,20,22,25,28-30,32,35,38-39H,8-9,12-14,17-19H2,1-2H3,(H,36,40)/t25-,28+,29-,30+,32+/m1/s1. The van der Waals surface area contributed by atoms with Crippen molar-refractivity contribution < 1.29 is 37.6 Å². The quantitative estimate of drug-likeness (QED) is 0.203. The van der Waals surface area contributed by atoms with E-state index in [1.807, 2.05) is 44.2 Å². The average molecular weight is 655 g/mol. The number of hydrogen-bond donors (Lipinski definition) is 4. The van der Waals surface area contributed by atoms with Crippen LogP contribution in [-0.2, 0) is 30.7 Å². The van der Waals surface area contributed by atoms with Crippen LogP contribution in [0.3, 0.4) is 0 Å². The van der Waals surface area contributed by atoms with Crippen LogP contribution in [0.4, 0.5) is 4.79 Å². The van der Waals surface area contributed by atoms with Crippen LogP contribution in [0.2, 0.25) is 0 Å². The van der Waals surface area contributed by atoms with Crippen molar-refractivity contribution in [1.29, 1.82) is 0 Å². The summed E-state index contributed by atoms with van der Waals surface area (Å²) >= 11 is 0. The number of aliphatic hydroxyl groups excluding tert-OH is 1. The van der Waals surface area contributed by atoms with E-state index < -0.39 is 34.4 Å². The fourth-order valence-electron chi connectivity index (χ4n) is 6.06. The summed E-state index contributed by atoms with van der Waals surface area (Å²) in [6, 6.07) is 13.4. The average Bonchev–Trinajstić information content (AvgIpc) is 3.45. The summed E-state index contributed by atoms with van der Waals surface area (Å²) in [4.78, 5) is 20.4. The number of carbonyl (C=O) groups is 1. The molecule has 3 fully saturated rings. The summed E-state index contributed by atoms with van der Waals surface area (Å²) in [5, 5.41) is 25.5. The van der Waals surface area contributed by atoms with Gasteiger partial charge in [0.15, 0.2) is 12.2 Å². The van der Waals surface area contributed by atoms with Gasteiger partial charge in [0.25, 0.3) is 0 Å². The van der Waals surface area contributed by atoms with Gasteiger partial charge in [-0.15, -0.1) is 0 Å². The van der Waals surface area contributed by atoms with Crippen molar-refractivity contribution in [2.45, 2.75) is 75.0 Å². The van der Waals surface area contributed by atoms with Gasteiger partial charge in [-0.3, -0.25) is 4.99 Å². The van der Waals surface area contributed by atoms with E-state index in [-0.39, 0.29) is 61.1 Å². The summed E-state index contributed by atoms with van der Waals surface area (Å²) < 4.78 is 46.2. The molecule has 2 aliphatic heterocycles. The number of alkyl carbamates (subject to hydrolysis) is 1. The van der Waals surface area contributed by atoms with E-state index in [1.165, 1.54) is 16.4 Å². The van der Waals surface area contributed by atoms with Crippen molar-refractivity contribution in [3.63, 3.8) is 0 Å². The number of aromatic nitrogens is 1. The molecule has 1 amide bonds. The molecule has 13 heteroatoms. The number of aromatic hydroxyl groups is 1. The van der Waals surface area contributed by atoms with E-state index in [0.717, 1.165) is 24.8 Å². The monoisotopic (exact) mass is 654 g/mol. The number of sulfonamides is 1. The van der Waals surface area contributed by atoms with Gasteiger partial charge in [0.1, 0.15) is 6.10 Å². The first kappa shape index (κ1) is 32.5. The topological polar surface area (TPSA) is 163 Å². The minimum atomic E-state index is -4.10. The van der Waals surface area contributed by atoms with Crippen molar-refractivity contribution in [3.8, 4) is 5.88 Å². The van der Waals surface area contributed by atoms with Gasteiger partial charge >= 0.3 is 6.09 Å². The number of aliphatic hydroxyl groups is 1. The number of H-pyrrole nitrogens is 1. The fourth-order valence-corrected chi connectivity index (χ4v) is 7.71. The van der Waals surface area contributed by atoms with Crippen LogP contribution in [0.5, 0.6) is 5.88 Å². The number of hydrogen-bond acceptors (Lipinski definition) is 9. The zero-order valence-electron chi connectivity index (χ0n) is 26.0. The molecule has 0 unspecified atom stereocenters. The van der Waals surface area contributed by atoms with Gasteiger partial charge < -0.3 is 34.7 Å². The lowest BCUT2D eigenvalue weighted by atomic mass is 10.0. The number of ether oxygens (including phenoxy) is 3. The van der Waals surface area contributed by atoms with Crippen LogP contribution in [0.15, 0.2) is 58.4 Å². The second-order valence-corrected chi connectivity index (χ2v) is 14.7. The number of fused-ring (bicyclic) bond motifs is 2. The van der Waals surface area contributed by atoms with Crippen LogP contribution in [0, 0.1) is 11.8 Å². The highest BCUT2D eigenvalue weighted by Crippen LogP contribution is 2.33. The number of benzene rings is 2. The first-order valence-corrected chi connectivity index (χ1v) is 17.3. The summed E-state index contributed by atoms with van der Waals surface area (Å²) in [6.45, 7) is 4.43. The second-order valence-electron chi connectivity index (χ2n) is 12.8. The lowest BCUT2D eigenvalue weighted by molar-refractivity contribution is -0.0907. The van der Waals surface area contributed by atoms with Gasteiger partial charge in [0.05, 0.1) is 53.3 Å². The number of nitrogens with one attached hydrogen (secondary N) is 2. The molecule has 0 radical (unpaired) electrons. The zero-order chi connectivity index (χ0) is 32.4. The van der Waals surface area contributed by atoms with Crippen LogP contribution in [0.25, 0.3) is 10.9 Å². The first-order chi connectivity index (χ1) is 22.1. The largest absolute Gasteiger partial charge is 0.494 e. The summed E-state index contributed by atoms with van der Waals surface area (Å²) in [5.41, 5.74) is 1.83. The van der Waals surface area contributed by atoms with E-state index in [0.29, 0.717) is 23.1 Å². The SMILES string of the molecule is CC(C)CN(C[C@@H](O)[C@H](Cc1ccccc1)NC(=O)O[C@H]1CO[C@@H]2OCC[C@@H]21)S(=O)(=O)c1ccc2c(C=NC3CC3)c(O)[nH]c2c1. The molecule has 1 saturated carbocycles. The van der Waals surface area contributed by atoms with Gasteiger partial charge in [-0.25, -0.2) is 13.2 Å². The lowest BCUT2D eigenvalue weighted by Gasteiger charge is -2.31. The summed E-state index contributed by atoms with van der Waals surface area (Å²) in [6.07, 6.45) is 1.82. The van der Waals surface area contributed by atoms with E-state index in [4.69, 9.17) is 14.2 Å². The Morgan fingerprint density at radius 2 is 1.93 bits per heavy atom. The highest BCUT2D eigenvalue weighted by molar-refractivity contribution is 7.89. The number of aromatic amines is 1. The molecule has 46 heavy (non-hydrogen) atoms. The van der Waals surface area contributed by atoms with Crippen LogP contribution in [-0.4, -0.2) is 97.1 Å². The number of aliphatic imine (C=N–C) groups is 1. The third-order valence-corrected chi connectivity index (χ3v) is 10.5. The number of amides is 1. The lowest BCUT2D eigenvalue weighted by Crippen LogP contribution is -2.51. The van der Waals surface area contributed by atoms with Gasteiger partial charge in [0.2, 0.25) is 10.0 Å². The molecular weight excluding hydrogens is 612 g/mol. The molecule has 3 aliphatic rings. The van der Waals surface area contributed by atoms with E-state index in [1.54, 1.807) is 12.3 Å². The van der Waals surface area contributed by atoms with Crippen molar-refractivity contribution in [3.05, 3.63) is 59.7 Å². The van der Waals surface area contributed by atoms with Gasteiger partial charge in [-0.1, -0.05) is 50.2 Å². The van der Waals surface area contributed by atoms with Crippen LogP contribution < -0.4 is 5.32 Å². The Hall–Kier alpha value is -3.49. The van der Waals surface area contributed by atoms with E-state index >= 15 is 0 Å².